The summed E-state index contributed by atoms with van der Waals surface area (Å²) in [6, 6.07) is 0. The molecular weight excluding hydrogens is 144 g/mol. The Morgan fingerprint density at radius 3 is 1.90 bits per heavy atom. The van der Waals surface area contributed by atoms with Gasteiger partial charge in [0.15, 0.2) is 0 Å². The molecule has 10 heavy (non-hydrogen) atoms. The van der Waals surface area contributed by atoms with Crippen LogP contribution in [-0.4, -0.2) is 4.98 Å². The molecule has 0 aliphatic rings. The molecule has 0 fully saturated rings. The van der Waals surface area contributed by atoms with Crippen LogP contribution in [0, 0.1) is 13.8 Å². The van der Waals surface area contributed by atoms with Gasteiger partial charge in [-0.1, -0.05) is 13.8 Å². The van der Waals surface area contributed by atoms with Gasteiger partial charge in [0.2, 0.25) is 0 Å². The van der Waals surface area contributed by atoms with Crippen molar-refractivity contribution in [3.63, 3.8) is 0 Å². The van der Waals surface area contributed by atoms with E-state index < -0.39 is 0 Å². The molecule has 2 nitrogen and oxygen atoms in total. The number of nitrogen functional groups attached to an aromatic ring is 1. The average molecular weight is 158 g/mol. The van der Waals surface area contributed by atoms with Crippen molar-refractivity contribution in [1.29, 1.82) is 0 Å². The van der Waals surface area contributed by atoms with E-state index in [1.54, 1.807) is 0 Å². The Bertz CT molecular complexity index is 174. The molecule has 1 aromatic heterocycles. The topological polar surface area (TPSA) is 38.9 Å². The Balaban J connectivity index is 0.000000371. The van der Waals surface area contributed by atoms with E-state index in [9.17, 15) is 0 Å². The third-order valence-electron chi connectivity index (χ3n) is 0.939. The summed E-state index contributed by atoms with van der Waals surface area (Å²) >= 11 is 1.54. The predicted molar refractivity (Wildman–Crippen MR) is 47.3 cm³/mol. The lowest BCUT2D eigenvalue weighted by molar-refractivity contribution is 1.20. The van der Waals surface area contributed by atoms with E-state index in [-0.39, 0.29) is 0 Å². The highest BCUT2D eigenvalue weighted by Gasteiger charge is 1.96. The summed E-state index contributed by atoms with van der Waals surface area (Å²) in [6.07, 6.45) is 0. The first-order valence-electron chi connectivity index (χ1n) is 3.39. The Kier molecular flexibility index (Phi) is 4.03. The molecule has 0 spiro atoms. The van der Waals surface area contributed by atoms with Crippen LogP contribution in [0.4, 0.5) is 5.00 Å². The van der Waals surface area contributed by atoms with Gasteiger partial charge in [-0.05, 0) is 13.8 Å². The minimum absolute atomic E-state index is 0.836. The molecule has 0 atom stereocenters. The van der Waals surface area contributed by atoms with Crippen molar-refractivity contribution in [2.75, 3.05) is 5.73 Å². The van der Waals surface area contributed by atoms with E-state index in [0.29, 0.717) is 0 Å². The molecule has 1 rings (SSSR count). The van der Waals surface area contributed by atoms with E-state index in [0.717, 1.165) is 15.7 Å². The van der Waals surface area contributed by atoms with Gasteiger partial charge in [-0.2, -0.15) is 0 Å². The van der Waals surface area contributed by atoms with Gasteiger partial charge in [0.25, 0.3) is 0 Å². The first kappa shape index (κ1) is 9.43. The maximum Gasteiger partial charge on any atom is 0.109 e. The van der Waals surface area contributed by atoms with E-state index in [2.05, 4.69) is 4.98 Å². The molecule has 58 valence electrons. The molecule has 0 radical (unpaired) electrons. The second-order valence-corrected chi connectivity index (χ2v) is 2.92. The number of anilines is 1. The molecule has 0 amide bonds. The number of thiazole rings is 1. The van der Waals surface area contributed by atoms with Crippen LogP contribution in [0.1, 0.15) is 24.5 Å². The number of hydrogen-bond acceptors (Lipinski definition) is 3. The number of nitrogens with two attached hydrogens (primary N) is 1. The molecule has 0 aromatic carbocycles. The first-order valence-corrected chi connectivity index (χ1v) is 4.21. The fraction of sp³-hybridized carbons (Fsp3) is 0.571. The number of nitrogens with zero attached hydrogens (tertiary/aromatic N) is 1. The van der Waals surface area contributed by atoms with Crippen LogP contribution >= 0.6 is 11.3 Å². The Labute approximate surface area is 66.1 Å². The van der Waals surface area contributed by atoms with Crippen molar-refractivity contribution in [2.24, 2.45) is 0 Å². The van der Waals surface area contributed by atoms with Crippen LogP contribution in [0.15, 0.2) is 0 Å². The highest BCUT2D eigenvalue weighted by atomic mass is 32.1. The summed E-state index contributed by atoms with van der Waals surface area (Å²) in [7, 11) is 0. The van der Waals surface area contributed by atoms with Crippen molar-refractivity contribution in [2.45, 2.75) is 27.7 Å². The Morgan fingerprint density at radius 2 is 1.80 bits per heavy atom. The third-order valence-corrected chi connectivity index (χ3v) is 1.84. The van der Waals surface area contributed by atoms with Gasteiger partial charge in [-0.25, -0.2) is 4.98 Å². The molecule has 2 N–H and O–H groups in total. The molecule has 0 saturated carbocycles. The van der Waals surface area contributed by atoms with E-state index in [1.165, 1.54) is 11.3 Å². The summed E-state index contributed by atoms with van der Waals surface area (Å²) in [5, 5.41) is 1.88. The van der Waals surface area contributed by atoms with Gasteiger partial charge in [0.05, 0.1) is 10.7 Å². The predicted octanol–water partition coefficient (Wildman–Crippen LogP) is 2.37. The average Bonchev–Trinajstić information content (AvgIpc) is 2.16. The van der Waals surface area contributed by atoms with Crippen molar-refractivity contribution in [1.82, 2.24) is 4.98 Å². The molecule has 0 unspecified atom stereocenters. The van der Waals surface area contributed by atoms with Gasteiger partial charge >= 0.3 is 0 Å². The van der Waals surface area contributed by atoms with Crippen LogP contribution in [0.2, 0.25) is 0 Å². The summed E-state index contributed by atoms with van der Waals surface area (Å²) in [5.74, 6) is 0. The van der Waals surface area contributed by atoms with E-state index in [4.69, 9.17) is 5.73 Å². The lowest BCUT2D eigenvalue weighted by Gasteiger charge is -1.78. The summed E-state index contributed by atoms with van der Waals surface area (Å²) in [6.45, 7) is 7.87. The zero-order valence-corrected chi connectivity index (χ0v) is 7.75. The van der Waals surface area contributed by atoms with Crippen LogP contribution in [-0.2, 0) is 0 Å². The van der Waals surface area contributed by atoms with Crippen LogP contribution < -0.4 is 5.73 Å². The monoisotopic (exact) mass is 158 g/mol. The third kappa shape index (κ3) is 2.35. The fourth-order valence-corrected chi connectivity index (χ4v) is 1.24. The minimum atomic E-state index is 0.836. The van der Waals surface area contributed by atoms with Gasteiger partial charge < -0.3 is 5.73 Å². The fourth-order valence-electron chi connectivity index (χ4n) is 0.547. The van der Waals surface area contributed by atoms with Crippen molar-refractivity contribution >= 4 is 16.3 Å². The quantitative estimate of drug-likeness (QED) is 0.629. The number of rotatable bonds is 0. The molecule has 0 aliphatic carbocycles. The van der Waals surface area contributed by atoms with Crippen molar-refractivity contribution < 1.29 is 0 Å². The van der Waals surface area contributed by atoms with Gasteiger partial charge in [0, 0.05) is 0 Å². The van der Waals surface area contributed by atoms with E-state index >= 15 is 0 Å². The van der Waals surface area contributed by atoms with Crippen LogP contribution in [0.5, 0.6) is 0 Å². The van der Waals surface area contributed by atoms with Gasteiger partial charge in [-0.3, -0.25) is 0 Å². The molecule has 1 heterocycles. The van der Waals surface area contributed by atoms with Gasteiger partial charge in [0.1, 0.15) is 5.00 Å². The lowest BCUT2D eigenvalue weighted by atomic mass is 10.5. The molecule has 0 aliphatic heterocycles. The van der Waals surface area contributed by atoms with Crippen molar-refractivity contribution in [3.05, 3.63) is 10.7 Å². The number of hydrogen-bond donors (Lipinski definition) is 1. The summed E-state index contributed by atoms with van der Waals surface area (Å²) in [5.41, 5.74) is 6.45. The number of aromatic nitrogens is 1. The molecule has 0 saturated heterocycles. The zero-order valence-electron chi connectivity index (χ0n) is 6.93. The molecule has 1 aromatic rings. The highest BCUT2D eigenvalue weighted by molar-refractivity contribution is 7.15. The largest absolute Gasteiger partial charge is 0.389 e. The van der Waals surface area contributed by atoms with Gasteiger partial charge in [-0.15, -0.1) is 11.3 Å². The maximum atomic E-state index is 5.50. The lowest BCUT2D eigenvalue weighted by Crippen LogP contribution is -1.81. The SMILES string of the molecule is CC.Cc1nc(C)c(N)s1. The Morgan fingerprint density at radius 1 is 1.30 bits per heavy atom. The van der Waals surface area contributed by atoms with E-state index in [1.807, 2.05) is 27.7 Å². The standard InChI is InChI=1S/C5H8N2S.C2H6/c1-3-5(6)8-4(2)7-3;1-2/h6H2,1-2H3;1-2H3. The molecule has 0 bridgehead atoms. The Hall–Kier alpha value is -0.570. The summed E-state index contributed by atoms with van der Waals surface area (Å²) in [4.78, 5) is 4.10. The van der Waals surface area contributed by atoms with Crippen LogP contribution in [0.3, 0.4) is 0 Å². The zero-order chi connectivity index (χ0) is 8.15. The van der Waals surface area contributed by atoms with Crippen LogP contribution in [0.25, 0.3) is 0 Å². The second-order valence-electron chi connectivity index (χ2n) is 1.68. The second kappa shape index (κ2) is 4.28. The minimum Gasteiger partial charge on any atom is -0.389 e. The number of aryl methyl sites for hydroxylation is 2. The smallest absolute Gasteiger partial charge is 0.109 e. The highest BCUT2D eigenvalue weighted by Crippen LogP contribution is 2.17. The molecule has 3 heteroatoms. The first-order chi connectivity index (χ1) is 4.70. The normalized spacial score (nSPS) is 8.40. The summed E-state index contributed by atoms with van der Waals surface area (Å²) < 4.78 is 0. The maximum absolute atomic E-state index is 5.50. The van der Waals surface area contributed by atoms with Crippen molar-refractivity contribution in [3.8, 4) is 0 Å². The molecular formula is C7H14N2S.